The standard InChI is InChI=1S/C26H26ClFN6O3S3/c1-4-21(34-26(38)40-25(33-34)39-9-8-14(3)35)24(36)32-20-11-16-19(12-22(20)37-5-2)29-13-30-23(16)31-15-6-7-18(28)17(27)10-15/h6-7,10-13,21H,4-5,8-9H2,1-3H3,(H,32,36)(H,29,30,31). The molecule has 14 heteroatoms. The number of ether oxygens (including phenoxy) is 1. The number of hydrogen-bond acceptors (Lipinski definition) is 10. The zero-order chi connectivity index (χ0) is 28.8. The zero-order valence-corrected chi connectivity index (χ0v) is 25.1. The fraction of sp³-hybridized carbons (Fsp3) is 0.308. The molecule has 0 spiro atoms. The number of nitrogens with zero attached hydrogens (tertiary/aromatic N) is 4. The molecule has 9 nitrogen and oxygen atoms in total. The third kappa shape index (κ3) is 7.14. The molecule has 2 heterocycles. The van der Waals surface area contributed by atoms with E-state index in [0.717, 1.165) is 0 Å². The number of amides is 1. The maximum atomic E-state index is 13.6. The summed E-state index contributed by atoms with van der Waals surface area (Å²) in [7, 11) is 0. The monoisotopic (exact) mass is 620 g/mol. The molecular weight excluding hydrogens is 595 g/mol. The Balaban J connectivity index is 1.64. The number of carbonyl (C=O) groups excluding carboxylic acids is 2. The third-order valence-corrected chi connectivity index (χ3v) is 8.38. The molecule has 0 aliphatic rings. The van der Waals surface area contributed by atoms with Gasteiger partial charge in [-0.25, -0.2) is 19.0 Å². The van der Waals surface area contributed by atoms with Gasteiger partial charge < -0.3 is 15.4 Å². The lowest BCUT2D eigenvalue weighted by Crippen LogP contribution is -2.26. The number of carbonyl (C=O) groups is 2. The number of benzene rings is 2. The first-order valence-corrected chi connectivity index (χ1v) is 14.9. The number of nitrogens with one attached hydrogen (secondary N) is 2. The lowest BCUT2D eigenvalue weighted by molar-refractivity contribution is -0.119. The van der Waals surface area contributed by atoms with E-state index < -0.39 is 11.9 Å². The number of anilines is 3. The molecule has 0 fully saturated rings. The van der Waals surface area contributed by atoms with Crippen molar-refractivity contribution in [2.75, 3.05) is 23.0 Å². The van der Waals surface area contributed by atoms with E-state index in [1.807, 2.05) is 13.8 Å². The van der Waals surface area contributed by atoms with Crippen molar-refractivity contribution in [3.8, 4) is 5.75 Å². The molecule has 210 valence electrons. The van der Waals surface area contributed by atoms with Crippen molar-refractivity contribution in [3.63, 3.8) is 0 Å². The summed E-state index contributed by atoms with van der Waals surface area (Å²) in [6, 6.07) is 7.04. The molecule has 4 aromatic rings. The average molecular weight is 621 g/mol. The Morgan fingerprint density at radius 3 is 2.75 bits per heavy atom. The van der Waals surface area contributed by atoms with Gasteiger partial charge in [0.15, 0.2) is 8.29 Å². The van der Waals surface area contributed by atoms with Gasteiger partial charge in [0, 0.05) is 29.3 Å². The van der Waals surface area contributed by atoms with E-state index in [1.54, 1.807) is 29.8 Å². The van der Waals surface area contributed by atoms with Crippen LogP contribution in [0.1, 0.15) is 39.7 Å². The van der Waals surface area contributed by atoms with Gasteiger partial charge in [0.2, 0.25) is 5.91 Å². The third-order valence-electron chi connectivity index (χ3n) is 5.69. The summed E-state index contributed by atoms with van der Waals surface area (Å²) in [6.07, 6.45) is 2.28. The number of rotatable bonds is 12. The van der Waals surface area contributed by atoms with Crippen molar-refractivity contribution in [1.82, 2.24) is 19.7 Å². The van der Waals surface area contributed by atoms with Crippen molar-refractivity contribution < 1.29 is 18.7 Å². The van der Waals surface area contributed by atoms with Crippen LogP contribution in [0.4, 0.5) is 21.6 Å². The van der Waals surface area contributed by atoms with Crippen molar-refractivity contribution in [2.24, 2.45) is 0 Å². The summed E-state index contributed by atoms with van der Waals surface area (Å²) >= 11 is 14.2. The van der Waals surface area contributed by atoms with E-state index in [2.05, 4.69) is 25.7 Å². The number of thioether (sulfide) groups is 1. The highest BCUT2D eigenvalue weighted by molar-refractivity contribution is 8.01. The summed E-state index contributed by atoms with van der Waals surface area (Å²) in [6.45, 7) is 5.64. The fourth-order valence-corrected chi connectivity index (χ4v) is 6.48. The second-order valence-electron chi connectivity index (χ2n) is 8.57. The van der Waals surface area contributed by atoms with Crippen LogP contribution in [0, 0.1) is 9.77 Å². The van der Waals surface area contributed by atoms with Gasteiger partial charge in [-0.05, 0) is 56.8 Å². The van der Waals surface area contributed by atoms with Crippen LogP contribution in [0.2, 0.25) is 5.02 Å². The van der Waals surface area contributed by atoms with Crippen LogP contribution in [0.15, 0.2) is 41.0 Å². The minimum absolute atomic E-state index is 0.0263. The Morgan fingerprint density at radius 1 is 1.25 bits per heavy atom. The van der Waals surface area contributed by atoms with Gasteiger partial charge in [-0.2, -0.15) is 5.10 Å². The second kappa shape index (κ2) is 13.5. The molecule has 1 atom stereocenters. The van der Waals surface area contributed by atoms with Crippen LogP contribution in [0.3, 0.4) is 0 Å². The second-order valence-corrected chi connectivity index (χ2v) is 11.9. The number of hydrogen-bond donors (Lipinski definition) is 2. The SMILES string of the molecule is CCOc1cc2ncnc(Nc3ccc(F)c(Cl)c3)c2cc1NC(=O)C(CC)n1nc(SCCC(C)=O)sc1=S. The van der Waals surface area contributed by atoms with Gasteiger partial charge in [0.1, 0.15) is 35.5 Å². The maximum Gasteiger partial charge on any atom is 0.249 e. The Labute approximate surface area is 248 Å². The van der Waals surface area contributed by atoms with Gasteiger partial charge in [0.25, 0.3) is 0 Å². The van der Waals surface area contributed by atoms with E-state index >= 15 is 0 Å². The first-order chi connectivity index (χ1) is 19.2. The number of fused-ring (bicyclic) bond motifs is 1. The number of aromatic nitrogens is 4. The van der Waals surface area contributed by atoms with Crippen LogP contribution in [0.25, 0.3) is 10.9 Å². The number of ketones is 1. The first-order valence-electron chi connectivity index (χ1n) is 12.4. The van der Waals surface area contributed by atoms with Gasteiger partial charge in [0.05, 0.1) is 22.8 Å². The summed E-state index contributed by atoms with van der Waals surface area (Å²) in [4.78, 5) is 33.5. The topological polar surface area (TPSA) is 111 Å². The molecule has 0 radical (unpaired) electrons. The van der Waals surface area contributed by atoms with Crippen LogP contribution >= 0.6 is 46.9 Å². The highest BCUT2D eigenvalue weighted by Crippen LogP contribution is 2.35. The van der Waals surface area contributed by atoms with E-state index in [1.165, 1.54) is 41.6 Å². The summed E-state index contributed by atoms with van der Waals surface area (Å²) in [5.41, 5.74) is 1.53. The zero-order valence-electron chi connectivity index (χ0n) is 21.9. The lowest BCUT2D eigenvalue weighted by atomic mass is 10.1. The molecule has 2 aromatic heterocycles. The van der Waals surface area contributed by atoms with Crippen LogP contribution in [-0.4, -0.2) is 43.8 Å². The molecule has 2 aromatic carbocycles. The van der Waals surface area contributed by atoms with Crippen molar-refractivity contribution in [3.05, 3.63) is 51.5 Å². The van der Waals surface area contributed by atoms with E-state index in [4.69, 9.17) is 28.6 Å². The normalized spacial score (nSPS) is 11.8. The average Bonchev–Trinajstić information content (AvgIpc) is 3.27. The highest BCUT2D eigenvalue weighted by atomic mass is 35.5. The highest BCUT2D eigenvalue weighted by Gasteiger charge is 2.24. The minimum Gasteiger partial charge on any atom is -0.492 e. The Bertz CT molecular complexity index is 1610. The van der Waals surface area contributed by atoms with Crippen molar-refractivity contribution in [2.45, 2.75) is 44.0 Å². The molecule has 1 amide bonds. The van der Waals surface area contributed by atoms with E-state index in [9.17, 15) is 14.0 Å². The largest absolute Gasteiger partial charge is 0.492 e. The van der Waals surface area contributed by atoms with Crippen molar-refractivity contribution >= 4 is 86.7 Å². The first kappa shape index (κ1) is 29.8. The van der Waals surface area contributed by atoms with Gasteiger partial charge >= 0.3 is 0 Å². The van der Waals surface area contributed by atoms with E-state index in [-0.39, 0.29) is 16.7 Å². The lowest BCUT2D eigenvalue weighted by Gasteiger charge is -2.18. The van der Waals surface area contributed by atoms with E-state index in [0.29, 0.717) is 67.3 Å². The predicted octanol–water partition coefficient (Wildman–Crippen LogP) is 7.21. The van der Waals surface area contributed by atoms with Crippen LogP contribution in [-0.2, 0) is 9.59 Å². The molecule has 2 N–H and O–H groups in total. The van der Waals surface area contributed by atoms with Crippen molar-refractivity contribution in [1.29, 1.82) is 0 Å². The summed E-state index contributed by atoms with van der Waals surface area (Å²) < 4.78 is 22.2. The van der Waals surface area contributed by atoms with Crippen LogP contribution < -0.4 is 15.4 Å². The quantitative estimate of drug-likeness (QED) is 0.125. The molecule has 0 aliphatic heterocycles. The Hall–Kier alpha value is -3.13. The smallest absolute Gasteiger partial charge is 0.249 e. The predicted molar refractivity (Wildman–Crippen MR) is 160 cm³/mol. The van der Waals surface area contributed by atoms with Crippen LogP contribution in [0.5, 0.6) is 5.75 Å². The Kier molecular flexibility index (Phi) is 10.1. The fourth-order valence-electron chi connectivity index (χ4n) is 3.76. The minimum atomic E-state index is -0.665. The number of halogens is 2. The molecule has 0 saturated heterocycles. The van der Waals surface area contributed by atoms with Gasteiger partial charge in [-0.1, -0.05) is 41.6 Å². The molecule has 4 rings (SSSR count). The molecule has 0 saturated carbocycles. The molecular formula is C26H26ClFN6O3S3. The Morgan fingerprint density at radius 2 is 2.05 bits per heavy atom. The molecule has 1 unspecified atom stereocenters. The summed E-state index contributed by atoms with van der Waals surface area (Å²) in [5, 5.41) is 11.2. The maximum absolute atomic E-state index is 13.6. The number of Topliss-reactive ketones (excluding diaryl/α,β-unsaturated/α-hetero) is 1. The van der Waals surface area contributed by atoms with Gasteiger partial charge in [-0.3, -0.25) is 9.59 Å². The van der Waals surface area contributed by atoms with Gasteiger partial charge in [-0.15, -0.1) is 0 Å². The molecule has 40 heavy (non-hydrogen) atoms. The molecule has 0 bridgehead atoms. The summed E-state index contributed by atoms with van der Waals surface area (Å²) in [5.74, 6) is 0.729. The molecule has 0 aliphatic carbocycles.